The van der Waals surface area contributed by atoms with Crippen molar-refractivity contribution >= 4 is 11.3 Å². The molecule has 0 fully saturated rings. The molecule has 0 amide bonds. The molecule has 0 saturated heterocycles. The van der Waals surface area contributed by atoms with Gasteiger partial charge < -0.3 is 10.8 Å². The molecule has 2 unspecified atom stereocenters. The summed E-state index contributed by atoms with van der Waals surface area (Å²) in [4.78, 5) is 0. The largest absolute Gasteiger partial charge is 0.386 e. The molecule has 0 aliphatic heterocycles. The van der Waals surface area contributed by atoms with E-state index in [1.165, 1.54) is 0 Å². The number of benzene rings is 1. The van der Waals surface area contributed by atoms with Gasteiger partial charge >= 0.3 is 0 Å². The lowest BCUT2D eigenvalue weighted by atomic mass is 9.99. The van der Waals surface area contributed by atoms with Crippen molar-refractivity contribution in [2.75, 3.05) is 0 Å². The van der Waals surface area contributed by atoms with Crippen LogP contribution in [0.15, 0.2) is 47.2 Å². The van der Waals surface area contributed by atoms with Gasteiger partial charge in [0.15, 0.2) is 0 Å². The molecule has 0 radical (unpaired) electrons. The molecule has 2 rings (SSSR count). The van der Waals surface area contributed by atoms with Crippen molar-refractivity contribution in [1.82, 2.24) is 0 Å². The van der Waals surface area contributed by atoms with Gasteiger partial charge in [0.2, 0.25) is 0 Å². The van der Waals surface area contributed by atoms with Crippen molar-refractivity contribution in [3.8, 4) is 0 Å². The van der Waals surface area contributed by atoms with Gasteiger partial charge in [-0.25, -0.2) is 0 Å². The molecule has 0 aliphatic carbocycles. The highest BCUT2D eigenvalue weighted by Crippen LogP contribution is 2.27. The van der Waals surface area contributed by atoms with Crippen molar-refractivity contribution in [2.24, 2.45) is 5.73 Å². The fourth-order valence-electron chi connectivity index (χ4n) is 1.51. The minimum Gasteiger partial charge on any atom is -0.386 e. The molecule has 2 aromatic rings. The minimum absolute atomic E-state index is 0.360. The van der Waals surface area contributed by atoms with Crippen molar-refractivity contribution < 1.29 is 5.11 Å². The summed E-state index contributed by atoms with van der Waals surface area (Å²) in [6.07, 6.45) is -0.626. The molecule has 0 saturated carbocycles. The standard InChI is InChI=1S/C12H13NOS/c13-11(9-4-2-1-3-5-9)12(14)10-6-7-15-8-10/h1-8,11-12,14H,13H2. The Hall–Kier alpha value is -1.16. The van der Waals surface area contributed by atoms with Crippen LogP contribution in [0.2, 0.25) is 0 Å². The average molecular weight is 219 g/mol. The van der Waals surface area contributed by atoms with Crippen molar-refractivity contribution in [2.45, 2.75) is 12.1 Å². The number of hydrogen-bond donors (Lipinski definition) is 2. The van der Waals surface area contributed by atoms with Gasteiger partial charge in [-0.15, -0.1) is 0 Å². The second-order valence-corrected chi connectivity index (χ2v) is 4.22. The number of nitrogens with two attached hydrogens (primary N) is 1. The Labute approximate surface area is 93.0 Å². The molecule has 0 aliphatic rings. The molecule has 1 heterocycles. The monoisotopic (exact) mass is 219 g/mol. The summed E-state index contributed by atoms with van der Waals surface area (Å²) in [5.41, 5.74) is 7.82. The number of hydrogen-bond acceptors (Lipinski definition) is 3. The SMILES string of the molecule is NC(c1ccccc1)C(O)c1ccsc1. The van der Waals surface area contributed by atoms with E-state index in [0.29, 0.717) is 0 Å². The summed E-state index contributed by atoms with van der Waals surface area (Å²) < 4.78 is 0. The number of thiophene rings is 1. The van der Waals surface area contributed by atoms with Crippen LogP contribution in [0.4, 0.5) is 0 Å². The fourth-order valence-corrected chi connectivity index (χ4v) is 2.20. The normalized spacial score (nSPS) is 14.8. The predicted octanol–water partition coefficient (Wildman–Crippen LogP) is 2.48. The van der Waals surface area contributed by atoms with Crippen molar-refractivity contribution in [1.29, 1.82) is 0 Å². The van der Waals surface area contributed by atoms with Gasteiger partial charge in [0.05, 0.1) is 12.1 Å². The highest BCUT2D eigenvalue weighted by atomic mass is 32.1. The molecule has 78 valence electrons. The van der Waals surface area contributed by atoms with E-state index in [9.17, 15) is 5.11 Å². The zero-order valence-corrected chi connectivity index (χ0v) is 9.02. The summed E-state index contributed by atoms with van der Waals surface area (Å²) in [5.74, 6) is 0. The van der Waals surface area contributed by atoms with Crippen LogP contribution in [0.3, 0.4) is 0 Å². The molecule has 3 heteroatoms. The third-order valence-corrected chi connectivity index (χ3v) is 3.11. The van der Waals surface area contributed by atoms with Crippen molar-refractivity contribution in [3.63, 3.8) is 0 Å². The lowest BCUT2D eigenvalue weighted by Crippen LogP contribution is -2.18. The van der Waals surface area contributed by atoms with Gasteiger partial charge in [-0.05, 0) is 28.0 Å². The van der Waals surface area contributed by atoms with E-state index in [2.05, 4.69) is 0 Å². The quantitative estimate of drug-likeness (QED) is 0.833. The van der Waals surface area contributed by atoms with E-state index in [0.717, 1.165) is 11.1 Å². The minimum atomic E-state index is -0.626. The third-order valence-electron chi connectivity index (χ3n) is 2.41. The van der Waals surface area contributed by atoms with E-state index < -0.39 is 6.10 Å². The van der Waals surface area contributed by atoms with E-state index in [1.54, 1.807) is 11.3 Å². The van der Waals surface area contributed by atoms with Crippen LogP contribution in [0.5, 0.6) is 0 Å². The summed E-state index contributed by atoms with van der Waals surface area (Å²) in [6.45, 7) is 0. The summed E-state index contributed by atoms with van der Waals surface area (Å²) in [7, 11) is 0. The Kier molecular flexibility index (Phi) is 3.16. The van der Waals surface area contributed by atoms with Crippen LogP contribution in [-0.2, 0) is 0 Å². The fraction of sp³-hybridized carbons (Fsp3) is 0.167. The average Bonchev–Trinajstić information content (AvgIpc) is 2.82. The lowest BCUT2D eigenvalue weighted by molar-refractivity contribution is 0.147. The van der Waals surface area contributed by atoms with Crippen LogP contribution < -0.4 is 5.73 Å². The summed E-state index contributed by atoms with van der Waals surface area (Å²) in [5, 5.41) is 13.9. The highest BCUT2D eigenvalue weighted by Gasteiger charge is 2.18. The number of aliphatic hydroxyl groups is 1. The van der Waals surface area contributed by atoms with Gasteiger partial charge in [-0.1, -0.05) is 30.3 Å². The molecular formula is C12H13NOS. The van der Waals surface area contributed by atoms with Gasteiger partial charge in [0.25, 0.3) is 0 Å². The maximum Gasteiger partial charge on any atom is 0.0990 e. The Bertz CT molecular complexity index is 399. The zero-order chi connectivity index (χ0) is 10.7. The lowest BCUT2D eigenvalue weighted by Gasteiger charge is -2.18. The van der Waals surface area contributed by atoms with Gasteiger partial charge in [0.1, 0.15) is 0 Å². The Balaban J connectivity index is 2.18. The first-order valence-corrected chi connectivity index (χ1v) is 5.74. The molecule has 1 aromatic heterocycles. The predicted molar refractivity (Wildman–Crippen MR) is 62.6 cm³/mol. The Morgan fingerprint density at radius 1 is 1.07 bits per heavy atom. The molecule has 2 nitrogen and oxygen atoms in total. The van der Waals surface area contributed by atoms with E-state index in [-0.39, 0.29) is 6.04 Å². The molecule has 15 heavy (non-hydrogen) atoms. The zero-order valence-electron chi connectivity index (χ0n) is 8.21. The maximum atomic E-state index is 10.0. The van der Waals surface area contributed by atoms with Crippen LogP contribution in [0, 0.1) is 0 Å². The molecular weight excluding hydrogens is 206 g/mol. The molecule has 0 spiro atoms. The van der Waals surface area contributed by atoms with E-state index in [1.807, 2.05) is 47.2 Å². The van der Waals surface area contributed by atoms with Gasteiger partial charge in [0, 0.05) is 0 Å². The maximum absolute atomic E-state index is 10.0. The molecule has 3 N–H and O–H groups in total. The number of rotatable bonds is 3. The summed E-state index contributed by atoms with van der Waals surface area (Å²) >= 11 is 1.56. The summed E-state index contributed by atoms with van der Waals surface area (Å²) in [6, 6.07) is 11.2. The van der Waals surface area contributed by atoms with Crippen LogP contribution in [0.1, 0.15) is 23.3 Å². The van der Waals surface area contributed by atoms with Gasteiger partial charge in [-0.2, -0.15) is 11.3 Å². The molecule has 0 bridgehead atoms. The highest BCUT2D eigenvalue weighted by molar-refractivity contribution is 7.07. The van der Waals surface area contributed by atoms with E-state index in [4.69, 9.17) is 5.73 Å². The second kappa shape index (κ2) is 4.57. The van der Waals surface area contributed by atoms with Gasteiger partial charge in [-0.3, -0.25) is 0 Å². The topological polar surface area (TPSA) is 46.2 Å². The first-order valence-electron chi connectivity index (χ1n) is 4.79. The third kappa shape index (κ3) is 2.26. The smallest absolute Gasteiger partial charge is 0.0990 e. The van der Waals surface area contributed by atoms with Crippen LogP contribution in [0.25, 0.3) is 0 Å². The van der Waals surface area contributed by atoms with Crippen LogP contribution in [-0.4, -0.2) is 5.11 Å². The molecule has 1 aromatic carbocycles. The second-order valence-electron chi connectivity index (χ2n) is 3.44. The molecule has 2 atom stereocenters. The van der Waals surface area contributed by atoms with Crippen molar-refractivity contribution in [3.05, 3.63) is 58.3 Å². The Morgan fingerprint density at radius 3 is 2.40 bits per heavy atom. The van der Waals surface area contributed by atoms with E-state index >= 15 is 0 Å². The first-order chi connectivity index (χ1) is 7.29. The Morgan fingerprint density at radius 2 is 1.80 bits per heavy atom. The van der Waals surface area contributed by atoms with Crippen LogP contribution >= 0.6 is 11.3 Å². The first kappa shape index (κ1) is 10.4. The number of aliphatic hydroxyl groups excluding tert-OH is 1.